The largest absolute Gasteiger partial charge is 0.472 e. The number of phosphoric acid groups is 2. The highest BCUT2D eigenvalue weighted by molar-refractivity contribution is 7.47. The normalized spacial score (nSPS) is 14.2. The zero-order valence-corrected chi connectivity index (χ0v) is 75.1. The van der Waals surface area contributed by atoms with Crippen molar-refractivity contribution in [1.29, 1.82) is 0 Å². The second kappa shape index (κ2) is 83.1. The summed E-state index contributed by atoms with van der Waals surface area (Å²) in [7, 11) is -9.93. The van der Waals surface area contributed by atoms with Crippen LogP contribution in [0.25, 0.3) is 0 Å². The van der Waals surface area contributed by atoms with E-state index in [4.69, 9.17) is 37.0 Å². The van der Waals surface area contributed by atoms with Gasteiger partial charge in [-0.05, 0) is 37.5 Å². The average Bonchev–Trinajstić information content (AvgIpc) is 0.898. The molecule has 0 saturated heterocycles. The molecule has 0 saturated carbocycles. The summed E-state index contributed by atoms with van der Waals surface area (Å²) in [5, 5.41) is 10.7. The van der Waals surface area contributed by atoms with Crippen LogP contribution in [0.1, 0.15) is 497 Å². The van der Waals surface area contributed by atoms with Crippen molar-refractivity contribution in [2.24, 2.45) is 11.8 Å². The quantitative estimate of drug-likeness (QED) is 0.0222. The van der Waals surface area contributed by atoms with Crippen LogP contribution in [0.3, 0.4) is 0 Å². The van der Waals surface area contributed by atoms with Crippen molar-refractivity contribution in [1.82, 2.24) is 0 Å². The maximum absolute atomic E-state index is 13.2. The molecule has 17 nitrogen and oxygen atoms in total. The fourth-order valence-electron chi connectivity index (χ4n) is 14.4. The summed E-state index contributed by atoms with van der Waals surface area (Å²) in [6, 6.07) is 0. The van der Waals surface area contributed by atoms with Gasteiger partial charge in [0.05, 0.1) is 26.4 Å². The minimum Gasteiger partial charge on any atom is -0.462 e. The summed E-state index contributed by atoms with van der Waals surface area (Å²) < 4.78 is 69.1. The standard InChI is InChI=1S/C92H180O17P2/c1-7-11-13-15-17-19-21-22-23-34-40-46-52-58-64-70-76-91(96)108-87(80-102-89(94)74-68-62-56-50-42-20-18-16-14-12-8-2)82-106-110(98,99)104-78-86(93)79-105-111(100,101)107-83-88(109-92(97)77-71-65-59-53-47-41-36-31-27-25-29-33-38-44-49-55-61-67-73-85(6)10-4)81-103-90(95)75-69-63-57-51-45-39-35-30-26-24-28-32-37-43-48-54-60-66-72-84(5)9-3/h84-88,93H,7-83H2,1-6H3,(H,98,99)(H,100,101)/t84?,85?,86-,87+,88+/m0/s1. The highest BCUT2D eigenvalue weighted by Gasteiger charge is 2.31. The number of phosphoric ester groups is 2. The monoisotopic (exact) mass is 1620 g/mol. The first-order chi connectivity index (χ1) is 53.9. The van der Waals surface area contributed by atoms with Gasteiger partial charge < -0.3 is 33.8 Å². The molecule has 0 spiro atoms. The Kier molecular flexibility index (Phi) is 81.7. The smallest absolute Gasteiger partial charge is 0.462 e. The molecule has 0 aliphatic rings. The van der Waals surface area contributed by atoms with Crippen LogP contribution in [0.5, 0.6) is 0 Å². The number of esters is 4. The number of aliphatic hydroxyl groups excluding tert-OH is 1. The number of carbonyl (C=O) groups is 4. The van der Waals surface area contributed by atoms with E-state index in [0.29, 0.717) is 25.7 Å². The van der Waals surface area contributed by atoms with E-state index in [0.717, 1.165) is 102 Å². The first-order valence-electron chi connectivity index (χ1n) is 47.6. The Hall–Kier alpha value is -1.94. The van der Waals surface area contributed by atoms with E-state index in [1.54, 1.807) is 0 Å². The zero-order valence-electron chi connectivity index (χ0n) is 73.3. The predicted molar refractivity (Wildman–Crippen MR) is 460 cm³/mol. The second-order valence-corrected chi connectivity index (χ2v) is 36.4. The number of ether oxygens (including phenoxy) is 4. The topological polar surface area (TPSA) is 237 Å². The highest BCUT2D eigenvalue weighted by Crippen LogP contribution is 2.45. The number of aliphatic hydroxyl groups is 1. The zero-order chi connectivity index (χ0) is 81.3. The fraction of sp³-hybridized carbons (Fsp3) is 0.957. The molecule has 4 unspecified atom stereocenters. The predicted octanol–water partition coefficient (Wildman–Crippen LogP) is 28.6. The SMILES string of the molecule is CCCCCCCCCCCCCCCCCCC(=O)O[C@H](COC(=O)CCCCCCCCCCCCC)COP(=O)(O)OC[C@H](O)COP(=O)(O)OC[C@@H](COC(=O)CCCCCCCCCCCCCCCCCCCCC(C)CC)OC(=O)CCCCCCCCCCCCCCCCCCCCC(C)CC. The first-order valence-corrected chi connectivity index (χ1v) is 50.6. The second-order valence-electron chi connectivity index (χ2n) is 33.5. The van der Waals surface area contributed by atoms with Gasteiger partial charge in [0.2, 0.25) is 0 Å². The summed E-state index contributed by atoms with van der Waals surface area (Å²) >= 11 is 0. The average molecular weight is 1620 g/mol. The van der Waals surface area contributed by atoms with E-state index in [1.807, 2.05) is 0 Å². The van der Waals surface area contributed by atoms with Crippen molar-refractivity contribution in [3.63, 3.8) is 0 Å². The molecule has 0 aliphatic heterocycles. The maximum atomic E-state index is 13.2. The molecule has 660 valence electrons. The molecule has 0 radical (unpaired) electrons. The summed E-state index contributed by atoms with van der Waals surface area (Å²) in [6.07, 6.45) is 77.7. The number of hydrogen-bond acceptors (Lipinski definition) is 15. The van der Waals surface area contributed by atoms with Crippen molar-refractivity contribution in [2.75, 3.05) is 39.6 Å². The van der Waals surface area contributed by atoms with Crippen molar-refractivity contribution in [2.45, 2.75) is 516 Å². The minimum absolute atomic E-state index is 0.109. The summed E-state index contributed by atoms with van der Waals surface area (Å²) in [6.45, 7) is 9.84. The third-order valence-electron chi connectivity index (χ3n) is 22.4. The molecule has 0 fully saturated rings. The van der Waals surface area contributed by atoms with E-state index >= 15 is 0 Å². The number of hydrogen-bond donors (Lipinski definition) is 3. The van der Waals surface area contributed by atoms with Gasteiger partial charge in [0.1, 0.15) is 19.3 Å². The molecule has 0 bridgehead atoms. The van der Waals surface area contributed by atoms with Crippen LogP contribution in [0.15, 0.2) is 0 Å². The third-order valence-corrected chi connectivity index (χ3v) is 24.3. The highest BCUT2D eigenvalue weighted by atomic mass is 31.2. The van der Waals surface area contributed by atoms with Gasteiger partial charge in [-0.1, -0.05) is 446 Å². The third kappa shape index (κ3) is 82.9. The molecule has 19 heteroatoms. The minimum atomic E-state index is -4.97. The van der Waals surface area contributed by atoms with E-state index in [2.05, 4.69) is 41.5 Å². The Morgan fingerprint density at radius 3 is 0.640 bits per heavy atom. The molecule has 0 aromatic rings. The van der Waals surface area contributed by atoms with Gasteiger partial charge in [0, 0.05) is 25.7 Å². The van der Waals surface area contributed by atoms with Crippen LogP contribution in [0.2, 0.25) is 0 Å². The van der Waals surface area contributed by atoms with Gasteiger partial charge >= 0.3 is 39.5 Å². The van der Waals surface area contributed by atoms with E-state index in [9.17, 15) is 43.2 Å². The lowest BCUT2D eigenvalue weighted by Crippen LogP contribution is -2.30. The fourth-order valence-corrected chi connectivity index (χ4v) is 16.0. The Morgan fingerprint density at radius 2 is 0.432 bits per heavy atom. The van der Waals surface area contributed by atoms with Crippen molar-refractivity contribution in [3.05, 3.63) is 0 Å². The molecule has 0 rings (SSSR count). The van der Waals surface area contributed by atoms with Crippen LogP contribution < -0.4 is 0 Å². The Labute approximate surface area is 683 Å². The Bertz CT molecular complexity index is 2120. The number of rotatable bonds is 91. The van der Waals surface area contributed by atoms with E-state index in [1.165, 1.54) is 315 Å². The maximum Gasteiger partial charge on any atom is 0.472 e. The molecular formula is C92H180O17P2. The molecule has 0 heterocycles. The lowest BCUT2D eigenvalue weighted by molar-refractivity contribution is -0.161. The molecule has 3 N–H and O–H groups in total. The van der Waals surface area contributed by atoms with Crippen LogP contribution >= 0.6 is 15.6 Å². The van der Waals surface area contributed by atoms with Gasteiger partial charge in [-0.2, -0.15) is 0 Å². The van der Waals surface area contributed by atoms with Crippen molar-refractivity contribution < 1.29 is 80.2 Å². The Morgan fingerprint density at radius 1 is 0.252 bits per heavy atom. The van der Waals surface area contributed by atoms with Gasteiger partial charge in [0.25, 0.3) is 0 Å². The van der Waals surface area contributed by atoms with Crippen LogP contribution in [-0.4, -0.2) is 96.7 Å². The summed E-state index contributed by atoms with van der Waals surface area (Å²) in [5.74, 6) is -0.348. The lowest BCUT2D eigenvalue weighted by atomic mass is 9.99. The summed E-state index contributed by atoms with van der Waals surface area (Å²) in [4.78, 5) is 73.4. The molecule has 7 atom stereocenters. The molecule has 111 heavy (non-hydrogen) atoms. The van der Waals surface area contributed by atoms with Crippen molar-refractivity contribution >= 4 is 39.5 Å². The Balaban J connectivity index is 5.22. The van der Waals surface area contributed by atoms with Crippen molar-refractivity contribution in [3.8, 4) is 0 Å². The molecule has 0 aromatic heterocycles. The lowest BCUT2D eigenvalue weighted by Gasteiger charge is -2.21. The molecule has 0 aromatic carbocycles. The van der Waals surface area contributed by atoms with E-state index in [-0.39, 0.29) is 25.7 Å². The van der Waals surface area contributed by atoms with E-state index < -0.39 is 97.5 Å². The molecule has 0 amide bonds. The number of carbonyl (C=O) groups excluding carboxylic acids is 4. The first kappa shape index (κ1) is 109. The van der Waals surface area contributed by atoms with Gasteiger partial charge in [0.15, 0.2) is 12.2 Å². The van der Waals surface area contributed by atoms with Gasteiger partial charge in [-0.15, -0.1) is 0 Å². The van der Waals surface area contributed by atoms with Crippen LogP contribution in [0.4, 0.5) is 0 Å². The number of unbranched alkanes of at least 4 members (excludes halogenated alkanes) is 59. The van der Waals surface area contributed by atoms with Gasteiger partial charge in [-0.3, -0.25) is 37.3 Å². The summed E-state index contributed by atoms with van der Waals surface area (Å²) in [5.41, 5.74) is 0. The van der Waals surface area contributed by atoms with Crippen LogP contribution in [0, 0.1) is 11.8 Å². The van der Waals surface area contributed by atoms with Gasteiger partial charge in [-0.25, -0.2) is 9.13 Å². The van der Waals surface area contributed by atoms with Crippen LogP contribution in [-0.2, 0) is 65.4 Å². The molecule has 0 aliphatic carbocycles. The molecular weight excluding hydrogens is 1440 g/mol.